The predicted molar refractivity (Wildman–Crippen MR) is 89.1 cm³/mol. The highest BCUT2D eigenvalue weighted by Gasteiger charge is 2.11. The van der Waals surface area contributed by atoms with Crippen molar-refractivity contribution in [1.82, 2.24) is 0 Å². The summed E-state index contributed by atoms with van der Waals surface area (Å²) in [5.74, 6) is 2.18. The molecule has 1 aromatic heterocycles. The molecule has 0 aliphatic heterocycles. The van der Waals surface area contributed by atoms with Crippen LogP contribution in [0.2, 0.25) is 0 Å². The summed E-state index contributed by atoms with van der Waals surface area (Å²) in [7, 11) is 3.25. The van der Waals surface area contributed by atoms with Crippen molar-refractivity contribution in [3.63, 3.8) is 0 Å². The van der Waals surface area contributed by atoms with Crippen molar-refractivity contribution >= 4 is 22.9 Å². The smallest absolute Gasteiger partial charge is 0.353 e. The van der Waals surface area contributed by atoms with E-state index in [1.165, 1.54) is 0 Å². The molecule has 0 amide bonds. The van der Waals surface area contributed by atoms with E-state index in [0.717, 1.165) is 22.1 Å². The monoisotopic (exact) mass is 293 g/mol. The quantitative estimate of drug-likeness (QED) is 0.641. The van der Waals surface area contributed by atoms with Crippen LogP contribution in [0.3, 0.4) is 0 Å². The first-order valence-corrected chi connectivity index (χ1v) is 7.01. The van der Waals surface area contributed by atoms with E-state index in [0.29, 0.717) is 11.5 Å². The van der Waals surface area contributed by atoms with E-state index in [1.807, 2.05) is 60.7 Å². The minimum absolute atomic E-state index is 0.692. The molecule has 0 saturated heterocycles. The number of fused-ring (bicyclic) bond motifs is 1. The molecule has 3 nitrogen and oxygen atoms in total. The molecule has 22 heavy (non-hydrogen) atoms. The Morgan fingerprint density at radius 2 is 1.50 bits per heavy atom. The molecule has 3 aromatic rings. The van der Waals surface area contributed by atoms with Gasteiger partial charge in [0.25, 0.3) is 0 Å². The predicted octanol–water partition coefficient (Wildman–Crippen LogP) is 4.90. The molecule has 3 heteroatoms. The van der Waals surface area contributed by atoms with Gasteiger partial charge in [0.15, 0.2) is 11.5 Å². The van der Waals surface area contributed by atoms with Crippen molar-refractivity contribution in [2.45, 2.75) is 0 Å². The van der Waals surface area contributed by atoms with Crippen LogP contribution in [0.1, 0.15) is 11.3 Å². The van der Waals surface area contributed by atoms with Crippen molar-refractivity contribution in [3.05, 3.63) is 66.1 Å². The summed E-state index contributed by atoms with van der Waals surface area (Å²) in [5, 5.41) is 2.01. The number of benzene rings is 2. The summed E-state index contributed by atoms with van der Waals surface area (Å²) in [6, 6.07) is 15.9. The molecule has 0 unspecified atom stereocenters. The van der Waals surface area contributed by atoms with E-state index in [1.54, 1.807) is 20.5 Å². The van der Waals surface area contributed by atoms with Crippen molar-refractivity contribution in [1.29, 1.82) is 0 Å². The van der Waals surface area contributed by atoms with Crippen LogP contribution >= 0.6 is 0 Å². The molecule has 2 aromatic carbocycles. The molecule has 0 bridgehead atoms. The third-order valence-corrected chi connectivity index (χ3v) is 3.45. The summed E-state index contributed by atoms with van der Waals surface area (Å²) in [4.78, 5) is 0. The third kappa shape index (κ3) is 2.93. The molecule has 3 rings (SSSR count). The Labute approximate surface area is 129 Å². The van der Waals surface area contributed by atoms with Gasteiger partial charge >= 0.3 is 12.0 Å². The Balaban J connectivity index is 1.97. The number of methoxy groups -OCH3 is 2. The van der Waals surface area contributed by atoms with Crippen LogP contribution in [-0.4, -0.2) is 14.2 Å². The molecule has 0 saturated carbocycles. The fraction of sp³-hybridized carbons (Fsp3) is 0.105. The highest BCUT2D eigenvalue weighted by Crippen LogP contribution is 2.32. The van der Waals surface area contributed by atoms with Crippen LogP contribution in [0.4, 0.5) is 0 Å². The van der Waals surface area contributed by atoms with Crippen molar-refractivity contribution in [2.24, 2.45) is 0 Å². The van der Waals surface area contributed by atoms with Gasteiger partial charge in [0.2, 0.25) is 0 Å². The summed E-state index contributed by atoms with van der Waals surface area (Å²) in [5.41, 5.74) is 1.13. The Morgan fingerprint density at radius 1 is 0.818 bits per heavy atom. The van der Waals surface area contributed by atoms with Crippen LogP contribution < -0.4 is 9.47 Å². The summed E-state index contributed by atoms with van der Waals surface area (Å²) in [6.07, 6.45) is 5.69. The Morgan fingerprint density at radius 3 is 2.18 bits per heavy atom. The second-order valence-electron chi connectivity index (χ2n) is 4.86. The van der Waals surface area contributed by atoms with E-state index in [4.69, 9.17) is 13.9 Å². The number of hydrogen-bond acceptors (Lipinski definition) is 2. The topological polar surface area (TPSA) is 29.8 Å². The number of ether oxygens (including phenoxy) is 2. The minimum atomic E-state index is 0.692. The van der Waals surface area contributed by atoms with Gasteiger partial charge in [-0.3, -0.25) is 0 Å². The molecule has 0 spiro atoms. The fourth-order valence-electron chi connectivity index (χ4n) is 2.29. The zero-order valence-electron chi connectivity index (χ0n) is 12.6. The van der Waals surface area contributed by atoms with Gasteiger partial charge in [0.1, 0.15) is 0 Å². The van der Waals surface area contributed by atoms with Crippen LogP contribution in [-0.2, 0) is 0 Å². The first kappa shape index (κ1) is 14.1. The Hall–Kier alpha value is -2.81. The third-order valence-electron chi connectivity index (χ3n) is 3.45. The maximum absolute atomic E-state index is 5.65. The van der Waals surface area contributed by atoms with Crippen molar-refractivity contribution < 1.29 is 13.9 Å². The lowest BCUT2D eigenvalue weighted by Crippen LogP contribution is -1.90. The molecule has 1 heterocycles. The van der Waals surface area contributed by atoms with Crippen LogP contribution in [0.25, 0.3) is 22.9 Å². The first-order valence-electron chi connectivity index (χ1n) is 7.01. The van der Waals surface area contributed by atoms with E-state index in [-0.39, 0.29) is 0 Å². The van der Waals surface area contributed by atoms with Gasteiger partial charge in [0, 0.05) is 17.5 Å². The average Bonchev–Trinajstić information content (AvgIpc) is 2.59. The standard InChI is InChI=1S/C19H17O3/c1-20-18-11-15-10-17(9-8-14-6-4-3-5-7-14)22-13-16(15)12-19(18)21-2/h3-13H,1-2H3/q+1/b9-8+. The molecule has 110 valence electrons. The van der Waals surface area contributed by atoms with Gasteiger partial charge in [-0.2, -0.15) is 0 Å². The van der Waals surface area contributed by atoms with E-state index < -0.39 is 0 Å². The second-order valence-corrected chi connectivity index (χ2v) is 4.86. The first-order chi connectivity index (χ1) is 10.8. The van der Waals surface area contributed by atoms with Crippen LogP contribution in [0, 0.1) is 0 Å². The fourth-order valence-corrected chi connectivity index (χ4v) is 2.29. The van der Waals surface area contributed by atoms with Gasteiger partial charge < -0.3 is 9.47 Å². The molecule has 0 aliphatic rings. The van der Waals surface area contributed by atoms with Gasteiger partial charge in [-0.1, -0.05) is 30.3 Å². The maximum atomic E-state index is 5.65. The molecule has 0 atom stereocenters. The Bertz CT molecular complexity index is 808. The normalized spacial score (nSPS) is 11.0. The van der Waals surface area contributed by atoms with E-state index in [9.17, 15) is 0 Å². The lowest BCUT2D eigenvalue weighted by Gasteiger charge is -2.07. The summed E-state index contributed by atoms with van der Waals surface area (Å²) < 4.78 is 16.3. The number of hydrogen-bond donors (Lipinski definition) is 0. The highest BCUT2D eigenvalue weighted by atomic mass is 16.5. The lowest BCUT2D eigenvalue weighted by atomic mass is 10.1. The second kappa shape index (κ2) is 6.31. The van der Waals surface area contributed by atoms with Crippen molar-refractivity contribution in [2.75, 3.05) is 14.2 Å². The summed E-state index contributed by atoms with van der Waals surface area (Å²) >= 11 is 0. The van der Waals surface area contributed by atoms with Crippen LogP contribution in [0.15, 0.2) is 59.2 Å². The molecule has 0 radical (unpaired) electrons. The number of rotatable bonds is 4. The Kier molecular flexibility index (Phi) is 4.05. The largest absolute Gasteiger partial charge is 0.493 e. The average molecular weight is 293 g/mol. The zero-order chi connectivity index (χ0) is 15.4. The van der Waals surface area contributed by atoms with E-state index in [2.05, 4.69) is 0 Å². The van der Waals surface area contributed by atoms with Crippen molar-refractivity contribution in [3.8, 4) is 11.5 Å². The molecular formula is C19H17O3+. The van der Waals surface area contributed by atoms with Gasteiger partial charge in [-0.05, 0) is 17.7 Å². The maximum Gasteiger partial charge on any atom is 0.353 e. The van der Waals surface area contributed by atoms with Gasteiger partial charge in [-0.25, -0.2) is 4.42 Å². The minimum Gasteiger partial charge on any atom is -0.493 e. The van der Waals surface area contributed by atoms with Gasteiger partial charge in [-0.15, -0.1) is 0 Å². The summed E-state index contributed by atoms with van der Waals surface area (Å²) in [6.45, 7) is 0. The van der Waals surface area contributed by atoms with Crippen LogP contribution in [0.5, 0.6) is 11.5 Å². The lowest BCUT2D eigenvalue weighted by molar-refractivity contribution is 0.355. The molecular weight excluding hydrogens is 276 g/mol. The highest BCUT2D eigenvalue weighted by molar-refractivity contribution is 5.86. The zero-order valence-corrected chi connectivity index (χ0v) is 12.6. The molecule has 0 fully saturated rings. The molecule has 0 N–H and O–H groups in total. The molecule has 0 aliphatic carbocycles. The van der Waals surface area contributed by atoms with Gasteiger partial charge in [0.05, 0.1) is 25.7 Å². The van der Waals surface area contributed by atoms with E-state index >= 15 is 0 Å². The SMILES string of the molecule is COc1cc2c[o+]c(/C=C/c3ccccc3)cc2cc1OC.